The Morgan fingerprint density at radius 3 is 2.52 bits per heavy atom. The highest BCUT2D eigenvalue weighted by molar-refractivity contribution is 7.92. The largest absolute Gasteiger partial charge is 0.403 e. The normalized spacial score (nSPS) is 11.4. The summed E-state index contributed by atoms with van der Waals surface area (Å²) < 4.78 is 42.7. The predicted octanol–water partition coefficient (Wildman–Crippen LogP) is 2.90. The molecule has 0 radical (unpaired) electrons. The van der Waals surface area contributed by atoms with E-state index in [1.807, 2.05) is 32.0 Å². The second-order valence-corrected chi connectivity index (χ2v) is 7.98. The number of carbonyl (C=O) groups is 1. The number of amides is 1. The Balaban J connectivity index is 1.73. The third kappa shape index (κ3) is 4.37. The van der Waals surface area contributed by atoms with Crippen LogP contribution < -0.4 is 5.32 Å². The number of anilines is 1. The van der Waals surface area contributed by atoms with Gasteiger partial charge in [0.15, 0.2) is 9.84 Å². The maximum Gasteiger partial charge on any atom is 0.322 e. The molecule has 3 rings (SSSR count). The average Bonchev–Trinajstić information content (AvgIpc) is 3.05. The van der Waals surface area contributed by atoms with Crippen LogP contribution in [0.25, 0.3) is 11.5 Å². The van der Waals surface area contributed by atoms with Gasteiger partial charge in [-0.2, -0.15) is 0 Å². The van der Waals surface area contributed by atoms with Crippen LogP contribution in [0.1, 0.15) is 11.1 Å². The number of nitrogens with one attached hydrogen (secondary N) is 1. The van der Waals surface area contributed by atoms with Gasteiger partial charge < -0.3 is 4.42 Å². The standard InChI is InChI=1S/C18H16FN3O4S/c1-11-3-4-12(2)15(9-11)17-21-22-18(26-17)20-16(23)10-27(24,25)14-7-5-13(19)6-8-14/h3-9H,10H2,1-2H3,(H,20,22,23). The minimum atomic E-state index is -3.92. The Bertz CT molecular complexity index is 1090. The van der Waals surface area contributed by atoms with Gasteiger partial charge in [-0.3, -0.25) is 10.1 Å². The Morgan fingerprint density at radius 1 is 1.11 bits per heavy atom. The first-order valence-electron chi connectivity index (χ1n) is 7.94. The highest BCUT2D eigenvalue weighted by Gasteiger charge is 2.21. The number of aryl methyl sites for hydroxylation is 2. The van der Waals surface area contributed by atoms with Crippen LogP contribution in [0.5, 0.6) is 0 Å². The minimum absolute atomic E-state index is 0.152. The number of benzene rings is 2. The third-order valence-electron chi connectivity index (χ3n) is 3.79. The van der Waals surface area contributed by atoms with E-state index in [0.29, 0.717) is 0 Å². The van der Waals surface area contributed by atoms with Crippen LogP contribution in [0.3, 0.4) is 0 Å². The molecule has 7 nitrogen and oxygen atoms in total. The van der Waals surface area contributed by atoms with Crippen molar-refractivity contribution in [2.24, 2.45) is 0 Å². The van der Waals surface area contributed by atoms with Gasteiger partial charge in [0.05, 0.1) is 4.90 Å². The van der Waals surface area contributed by atoms with Crippen LogP contribution in [-0.2, 0) is 14.6 Å². The molecule has 3 aromatic rings. The number of sulfone groups is 1. The van der Waals surface area contributed by atoms with Crippen molar-refractivity contribution in [2.45, 2.75) is 18.7 Å². The van der Waals surface area contributed by atoms with E-state index in [-0.39, 0.29) is 16.8 Å². The van der Waals surface area contributed by atoms with E-state index in [1.165, 1.54) is 0 Å². The molecule has 9 heteroatoms. The third-order valence-corrected chi connectivity index (χ3v) is 5.42. The molecule has 0 aliphatic heterocycles. The van der Waals surface area contributed by atoms with E-state index in [9.17, 15) is 17.6 Å². The van der Waals surface area contributed by atoms with Gasteiger partial charge in [-0.25, -0.2) is 12.8 Å². The molecule has 1 N–H and O–H groups in total. The minimum Gasteiger partial charge on any atom is -0.403 e. The second-order valence-electron chi connectivity index (χ2n) is 5.99. The first-order valence-corrected chi connectivity index (χ1v) is 9.59. The zero-order valence-corrected chi connectivity index (χ0v) is 15.4. The highest BCUT2D eigenvalue weighted by Crippen LogP contribution is 2.24. The fourth-order valence-electron chi connectivity index (χ4n) is 2.40. The first kappa shape index (κ1) is 18.7. The number of carbonyl (C=O) groups excluding carboxylic acids is 1. The molecule has 0 spiro atoms. The summed E-state index contributed by atoms with van der Waals surface area (Å²) >= 11 is 0. The Hall–Kier alpha value is -3.07. The zero-order chi connectivity index (χ0) is 19.6. The second kappa shape index (κ2) is 7.28. The molecule has 1 heterocycles. The van der Waals surface area contributed by atoms with Crippen LogP contribution in [0.15, 0.2) is 51.8 Å². The Morgan fingerprint density at radius 2 is 1.81 bits per heavy atom. The number of rotatable bonds is 5. The smallest absolute Gasteiger partial charge is 0.322 e. The van der Waals surface area contributed by atoms with E-state index >= 15 is 0 Å². The van der Waals surface area contributed by atoms with Gasteiger partial charge in [-0.15, -0.1) is 5.10 Å². The zero-order valence-electron chi connectivity index (χ0n) is 14.6. The van der Waals surface area contributed by atoms with E-state index in [1.54, 1.807) is 0 Å². The SMILES string of the molecule is Cc1ccc(C)c(-c2nnc(NC(=O)CS(=O)(=O)c3ccc(F)cc3)o2)c1. The molecule has 2 aromatic carbocycles. The van der Waals surface area contributed by atoms with Crippen molar-refractivity contribution in [1.82, 2.24) is 10.2 Å². The molecule has 0 bridgehead atoms. The molecule has 0 aliphatic carbocycles. The first-order chi connectivity index (χ1) is 12.7. The van der Waals surface area contributed by atoms with Crippen LogP contribution in [0.2, 0.25) is 0 Å². The molecule has 0 aliphatic rings. The van der Waals surface area contributed by atoms with Gasteiger partial charge in [-0.1, -0.05) is 22.8 Å². The summed E-state index contributed by atoms with van der Waals surface area (Å²) in [6.45, 7) is 3.80. The van der Waals surface area contributed by atoms with Crippen molar-refractivity contribution in [3.63, 3.8) is 0 Å². The van der Waals surface area contributed by atoms with Crippen molar-refractivity contribution in [3.05, 3.63) is 59.4 Å². The lowest BCUT2D eigenvalue weighted by atomic mass is 10.1. The molecule has 0 fully saturated rings. The van der Waals surface area contributed by atoms with Crippen molar-refractivity contribution in [2.75, 3.05) is 11.1 Å². The number of halogens is 1. The Labute approximate surface area is 155 Å². The van der Waals surface area contributed by atoms with Gasteiger partial charge in [0, 0.05) is 5.56 Å². The van der Waals surface area contributed by atoms with Crippen LogP contribution >= 0.6 is 0 Å². The summed E-state index contributed by atoms with van der Waals surface area (Å²) in [6, 6.07) is 9.74. The van der Waals surface area contributed by atoms with E-state index in [2.05, 4.69) is 15.5 Å². The maximum atomic E-state index is 12.9. The highest BCUT2D eigenvalue weighted by atomic mass is 32.2. The summed E-state index contributed by atoms with van der Waals surface area (Å²) in [5.41, 5.74) is 2.65. The molecule has 0 saturated carbocycles. The van der Waals surface area contributed by atoms with Gasteiger partial charge in [0.25, 0.3) is 0 Å². The number of hydrogen-bond acceptors (Lipinski definition) is 6. The van der Waals surface area contributed by atoms with Crippen molar-refractivity contribution >= 4 is 21.8 Å². The lowest BCUT2D eigenvalue weighted by Crippen LogP contribution is -2.23. The fourth-order valence-corrected chi connectivity index (χ4v) is 3.54. The summed E-state index contributed by atoms with van der Waals surface area (Å²) in [4.78, 5) is 11.9. The quantitative estimate of drug-likeness (QED) is 0.673. The van der Waals surface area contributed by atoms with Crippen LogP contribution in [0, 0.1) is 19.7 Å². The number of nitrogens with zero attached hydrogens (tertiary/aromatic N) is 2. The molecule has 1 amide bonds. The van der Waals surface area contributed by atoms with Gasteiger partial charge in [-0.05, 0) is 49.7 Å². The van der Waals surface area contributed by atoms with Gasteiger partial charge in [0.2, 0.25) is 11.8 Å². The lowest BCUT2D eigenvalue weighted by molar-refractivity contribution is -0.114. The molecule has 27 heavy (non-hydrogen) atoms. The predicted molar refractivity (Wildman–Crippen MR) is 96.3 cm³/mol. The fraction of sp³-hybridized carbons (Fsp3) is 0.167. The van der Waals surface area contributed by atoms with Crippen molar-refractivity contribution in [1.29, 1.82) is 0 Å². The van der Waals surface area contributed by atoms with Crippen molar-refractivity contribution in [3.8, 4) is 11.5 Å². The Kier molecular flexibility index (Phi) is 5.04. The lowest BCUT2D eigenvalue weighted by Gasteiger charge is -2.04. The molecule has 1 aromatic heterocycles. The molecule has 0 saturated heterocycles. The average molecular weight is 389 g/mol. The van der Waals surface area contributed by atoms with Crippen LogP contribution in [-0.4, -0.2) is 30.3 Å². The van der Waals surface area contributed by atoms with Gasteiger partial charge >= 0.3 is 6.01 Å². The monoisotopic (exact) mass is 389 g/mol. The van der Waals surface area contributed by atoms with Crippen LogP contribution in [0.4, 0.5) is 10.4 Å². The summed E-state index contributed by atoms with van der Waals surface area (Å²) in [5, 5.41) is 9.88. The van der Waals surface area contributed by atoms with E-state index in [0.717, 1.165) is 41.0 Å². The van der Waals surface area contributed by atoms with E-state index in [4.69, 9.17) is 4.42 Å². The van der Waals surface area contributed by atoms with Crippen molar-refractivity contribution < 1.29 is 22.0 Å². The topological polar surface area (TPSA) is 102 Å². The molecular formula is C18H16FN3O4S. The number of aromatic nitrogens is 2. The molecular weight excluding hydrogens is 373 g/mol. The maximum absolute atomic E-state index is 12.9. The van der Waals surface area contributed by atoms with E-state index < -0.39 is 27.3 Å². The molecule has 0 unspecified atom stereocenters. The molecule has 0 atom stereocenters. The summed E-state index contributed by atoms with van der Waals surface area (Å²) in [6.07, 6.45) is 0. The van der Waals surface area contributed by atoms with Gasteiger partial charge in [0.1, 0.15) is 11.6 Å². The molecule has 140 valence electrons. The summed E-state index contributed by atoms with van der Waals surface area (Å²) in [5.74, 6) is -2.02. The number of hydrogen-bond donors (Lipinski definition) is 1. The summed E-state index contributed by atoms with van der Waals surface area (Å²) in [7, 11) is -3.92.